The topological polar surface area (TPSA) is 0 Å². The lowest BCUT2D eigenvalue weighted by molar-refractivity contribution is 0.250. The highest BCUT2D eigenvalue weighted by Gasteiger charge is 2.20. The number of benzene rings is 1. The summed E-state index contributed by atoms with van der Waals surface area (Å²) in [6.07, 6.45) is 15.4. The van der Waals surface area contributed by atoms with Gasteiger partial charge in [0.15, 0.2) is 0 Å². The van der Waals surface area contributed by atoms with Gasteiger partial charge < -0.3 is 0 Å². The first-order valence-electron chi connectivity index (χ1n) is 9.14. The van der Waals surface area contributed by atoms with E-state index in [4.69, 9.17) is 0 Å². The van der Waals surface area contributed by atoms with Crippen LogP contribution < -0.4 is 0 Å². The fourth-order valence-corrected chi connectivity index (χ4v) is 3.70. The van der Waals surface area contributed by atoms with Gasteiger partial charge in [0.2, 0.25) is 0 Å². The summed E-state index contributed by atoms with van der Waals surface area (Å²) in [6, 6.07) is 8.70. The van der Waals surface area contributed by atoms with Gasteiger partial charge in [0.25, 0.3) is 0 Å². The van der Waals surface area contributed by atoms with Crippen molar-refractivity contribution in [2.45, 2.75) is 71.1 Å². The molecule has 0 unspecified atom stereocenters. The van der Waals surface area contributed by atoms with Gasteiger partial charge in [-0.15, -0.1) is 0 Å². The molecule has 0 radical (unpaired) electrons. The van der Waals surface area contributed by atoms with Crippen molar-refractivity contribution in [3.05, 3.63) is 47.8 Å². The second-order valence-electron chi connectivity index (χ2n) is 6.95. The van der Waals surface area contributed by atoms with E-state index in [-0.39, 0.29) is 0 Å². The van der Waals surface area contributed by atoms with E-state index in [1.807, 2.05) is 0 Å². The number of allylic oxidation sites excluding steroid dienone is 1. The molecule has 2 rings (SSSR count). The van der Waals surface area contributed by atoms with Crippen LogP contribution in [0.2, 0.25) is 0 Å². The molecule has 0 saturated heterocycles. The van der Waals surface area contributed by atoms with Crippen molar-refractivity contribution in [1.29, 1.82) is 0 Å². The minimum Gasteiger partial charge on any atom is -0.216 e. The number of aryl methyl sites for hydroxylation is 1. The number of hydrogen-bond acceptors (Lipinski definition) is 0. The zero-order valence-corrected chi connectivity index (χ0v) is 14.1. The summed E-state index contributed by atoms with van der Waals surface area (Å²) in [4.78, 5) is 0. The van der Waals surface area contributed by atoms with Crippen molar-refractivity contribution in [1.82, 2.24) is 0 Å². The maximum absolute atomic E-state index is 12.0. The molecule has 0 atom stereocenters. The van der Waals surface area contributed by atoms with Crippen LogP contribution in [0.4, 0.5) is 4.39 Å². The van der Waals surface area contributed by atoms with E-state index >= 15 is 0 Å². The Kier molecular flexibility index (Phi) is 7.70. The van der Waals surface area contributed by atoms with Crippen LogP contribution in [0, 0.1) is 11.8 Å². The van der Waals surface area contributed by atoms with Crippen molar-refractivity contribution in [2.24, 2.45) is 11.8 Å². The van der Waals surface area contributed by atoms with Gasteiger partial charge in [-0.2, -0.15) is 0 Å². The molecule has 0 aliphatic heterocycles. The summed E-state index contributed by atoms with van der Waals surface area (Å²) < 4.78 is 12.0. The molecule has 1 aliphatic rings. The molecule has 0 nitrogen and oxygen atoms in total. The van der Waals surface area contributed by atoms with Crippen molar-refractivity contribution in [3.8, 4) is 0 Å². The van der Waals surface area contributed by atoms with Crippen molar-refractivity contribution in [2.75, 3.05) is 0 Å². The van der Waals surface area contributed by atoms with Crippen LogP contribution in [0.1, 0.15) is 69.4 Å². The van der Waals surface area contributed by atoms with Crippen LogP contribution >= 0.6 is 0 Å². The summed E-state index contributed by atoms with van der Waals surface area (Å²) in [5, 5.41) is 0. The molecule has 122 valence electrons. The maximum Gasteiger partial charge on any atom is 0.0830 e. The first-order chi connectivity index (χ1) is 10.8. The molecule has 0 spiro atoms. The van der Waals surface area contributed by atoms with Gasteiger partial charge in [-0.05, 0) is 42.2 Å². The lowest BCUT2D eigenvalue weighted by Crippen LogP contribution is -2.15. The Bertz CT molecular complexity index is 424. The number of unbranched alkanes of at least 4 members (excludes halogenated alkanes) is 1. The van der Waals surface area contributed by atoms with E-state index in [2.05, 4.69) is 31.2 Å². The largest absolute Gasteiger partial charge is 0.216 e. The number of hydrogen-bond donors (Lipinski definition) is 0. The quantitative estimate of drug-likeness (QED) is 0.505. The molecule has 0 amide bonds. The van der Waals surface area contributed by atoms with Gasteiger partial charge in [-0.1, -0.05) is 82.2 Å². The zero-order valence-electron chi connectivity index (χ0n) is 14.1. The third-order valence-corrected chi connectivity index (χ3v) is 5.24. The van der Waals surface area contributed by atoms with Gasteiger partial charge in [0.1, 0.15) is 0 Å². The first kappa shape index (κ1) is 17.2. The fourth-order valence-electron chi connectivity index (χ4n) is 3.70. The Hall–Kier alpha value is -1.11. The van der Waals surface area contributed by atoms with Crippen molar-refractivity contribution in [3.63, 3.8) is 0 Å². The third kappa shape index (κ3) is 5.94. The minimum absolute atomic E-state index is 0.630. The van der Waals surface area contributed by atoms with E-state index in [0.717, 1.165) is 11.8 Å². The lowest BCUT2D eigenvalue weighted by Gasteiger charge is -2.28. The van der Waals surface area contributed by atoms with Crippen LogP contribution in [0.25, 0.3) is 0 Å². The molecule has 1 heteroatoms. The van der Waals surface area contributed by atoms with Gasteiger partial charge in [-0.3, -0.25) is 0 Å². The highest BCUT2D eigenvalue weighted by atomic mass is 19.1. The zero-order chi connectivity index (χ0) is 15.6. The normalized spacial score (nSPS) is 22.3. The summed E-state index contributed by atoms with van der Waals surface area (Å²) in [6.45, 7) is 2.30. The molecular weight excluding hydrogens is 271 g/mol. The summed E-state index contributed by atoms with van der Waals surface area (Å²) >= 11 is 0. The molecule has 22 heavy (non-hydrogen) atoms. The molecular formula is C21H31F. The first-order valence-corrected chi connectivity index (χ1v) is 9.14. The molecule has 1 saturated carbocycles. The van der Waals surface area contributed by atoms with Crippen LogP contribution in [-0.2, 0) is 12.8 Å². The molecule has 0 bridgehead atoms. The highest BCUT2D eigenvalue weighted by molar-refractivity contribution is 5.24. The Labute approximate surface area is 135 Å². The predicted molar refractivity (Wildman–Crippen MR) is 93.7 cm³/mol. The Morgan fingerprint density at radius 2 is 1.55 bits per heavy atom. The smallest absolute Gasteiger partial charge is 0.0830 e. The minimum atomic E-state index is 0.630. The van der Waals surface area contributed by atoms with Gasteiger partial charge in [0.05, 0.1) is 6.33 Å². The van der Waals surface area contributed by atoms with E-state index < -0.39 is 0 Å². The molecule has 0 N–H and O–H groups in total. The SMILES string of the molecule is CCCCC1CCC(CCc2ccc(C/C=C/F)cc2)CC1. The molecule has 1 fully saturated rings. The molecule has 0 heterocycles. The van der Waals surface area contributed by atoms with Crippen LogP contribution in [0.3, 0.4) is 0 Å². The maximum atomic E-state index is 12.0. The predicted octanol–water partition coefficient (Wildman–Crippen LogP) is 6.64. The Morgan fingerprint density at radius 1 is 0.955 bits per heavy atom. The van der Waals surface area contributed by atoms with Crippen molar-refractivity contribution >= 4 is 0 Å². The van der Waals surface area contributed by atoms with Crippen LogP contribution in [0.5, 0.6) is 0 Å². The van der Waals surface area contributed by atoms with E-state index in [0.29, 0.717) is 12.8 Å². The van der Waals surface area contributed by atoms with Crippen LogP contribution in [0.15, 0.2) is 36.7 Å². The summed E-state index contributed by atoms with van der Waals surface area (Å²) in [5.74, 6) is 1.95. The Balaban J connectivity index is 1.68. The van der Waals surface area contributed by atoms with Gasteiger partial charge >= 0.3 is 0 Å². The second-order valence-corrected chi connectivity index (χ2v) is 6.95. The second kappa shape index (κ2) is 9.82. The monoisotopic (exact) mass is 302 g/mol. The number of rotatable bonds is 8. The van der Waals surface area contributed by atoms with Gasteiger partial charge in [0, 0.05) is 0 Å². The third-order valence-electron chi connectivity index (χ3n) is 5.24. The summed E-state index contributed by atoms with van der Waals surface area (Å²) in [5.41, 5.74) is 2.62. The highest BCUT2D eigenvalue weighted by Crippen LogP contribution is 2.34. The van der Waals surface area contributed by atoms with E-state index in [1.165, 1.54) is 68.9 Å². The molecule has 1 aromatic rings. The molecule has 0 aromatic heterocycles. The fraction of sp³-hybridized carbons (Fsp3) is 0.619. The van der Waals surface area contributed by atoms with Gasteiger partial charge in [-0.25, -0.2) is 4.39 Å². The number of halogens is 1. The standard InChI is InChI=1S/C21H31F/c1-2-3-5-18-7-11-20(12-8-18)15-16-21-13-9-19(10-14-21)6-4-17-22/h4,9-10,13-14,17-18,20H,2-3,5-8,11-12,15-16H2,1H3/b17-4+. The average molecular weight is 302 g/mol. The molecule has 1 aliphatic carbocycles. The summed E-state index contributed by atoms with van der Waals surface area (Å²) in [7, 11) is 0. The molecule has 1 aromatic carbocycles. The van der Waals surface area contributed by atoms with E-state index in [1.54, 1.807) is 6.08 Å². The lowest BCUT2D eigenvalue weighted by atomic mass is 9.78. The van der Waals surface area contributed by atoms with Crippen molar-refractivity contribution < 1.29 is 4.39 Å². The van der Waals surface area contributed by atoms with E-state index in [9.17, 15) is 4.39 Å². The average Bonchev–Trinajstić information content (AvgIpc) is 2.58. The Morgan fingerprint density at radius 3 is 2.14 bits per heavy atom. The van der Waals surface area contributed by atoms with Crippen LogP contribution in [-0.4, -0.2) is 0 Å².